The predicted molar refractivity (Wildman–Crippen MR) is 89.2 cm³/mol. The Balaban J connectivity index is 1.73. The Hall–Kier alpha value is -3.01. The van der Waals surface area contributed by atoms with Crippen molar-refractivity contribution in [2.24, 2.45) is 0 Å². The second-order valence-electron chi connectivity index (χ2n) is 5.06. The second-order valence-corrected chi connectivity index (χ2v) is 5.06. The fraction of sp³-hybridized carbons (Fsp3) is 0.105. The van der Waals surface area contributed by atoms with Crippen molar-refractivity contribution in [3.63, 3.8) is 0 Å². The second kappa shape index (κ2) is 6.83. The summed E-state index contributed by atoms with van der Waals surface area (Å²) in [5, 5.41) is 0. The summed E-state index contributed by atoms with van der Waals surface area (Å²) in [5.74, 6) is 0.241. The van der Waals surface area contributed by atoms with Crippen molar-refractivity contribution in [3.05, 3.63) is 66.9 Å². The molecule has 1 N–H and O–H groups in total. The molecule has 0 aliphatic rings. The smallest absolute Gasteiger partial charge is 0.343 e. The third kappa shape index (κ3) is 3.61. The number of aromatic nitrogens is 1. The van der Waals surface area contributed by atoms with Gasteiger partial charge < -0.3 is 14.5 Å². The average Bonchev–Trinajstić information content (AvgIpc) is 3.11. The summed E-state index contributed by atoms with van der Waals surface area (Å²) in [4.78, 5) is 14.4. The predicted octanol–water partition coefficient (Wildman–Crippen LogP) is 3.90. The molecule has 23 heavy (non-hydrogen) atoms. The van der Waals surface area contributed by atoms with E-state index in [1.54, 1.807) is 0 Å². The molecule has 1 heterocycles. The van der Waals surface area contributed by atoms with Crippen LogP contribution >= 0.6 is 0 Å². The number of hydrogen-bond donors (Lipinski definition) is 1. The zero-order chi connectivity index (χ0) is 16.1. The van der Waals surface area contributed by atoms with Gasteiger partial charge in [0.05, 0.1) is 7.11 Å². The summed E-state index contributed by atoms with van der Waals surface area (Å²) in [5.41, 5.74) is 4.40. The summed E-state index contributed by atoms with van der Waals surface area (Å²) in [6.45, 7) is -0.0852. The number of esters is 1. The maximum Gasteiger partial charge on any atom is 0.343 e. The molecule has 0 atom stereocenters. The number of benzene rings is 2. The molecular formula is C19H17NO3. The number of H-pyrrole nitrogens is 1. The fourth-order valence-corrected chi connectivity index (χ4v) is 2.29. The highest BCUT2D eigenvalue weighted by molar-refractivity contribution is 5.72. The molecule has 0 amide bonds. The molecule has 4 heteroatoms. The summed E-state index contributed by atoms with van der Waals surface area (Å²) in [6.07, 6.45) is 1.98. The molecule has 0 saturated carbocycles. The van der Waals surface area contributed by atoms with E-state index in [0.29, 0.717) is 5.75 Å². The van der Waals surface area contributed by atoms with Crippen molar-refractivity contribution >= 4 is 5.97 Å². The molecule has 0 saturated heterocycles. The van der Waals surface area contributed by atoms with Crippen molar-refractivity contribution in [2.75, 3.05) is 13.7 Å². The van der Waals surface area contributed by atoms with Crippen LogP contribution in [-0.4, -0.2) is 24.7 Å². The number of rotatable bonds is 5. The highest BCUT2D eigenvalue weighted by atomic mass is 16.6. The first kappa shape index (κ1) is 14.9. The third-order valence-electron chi connectivity index (χ3n) is 3.54. The maximum atomic E-state index is 11.1. The molecule has 0 aliphatic carbocycles. The van der Waals surface area contributed by atoms with Gasteiger partial charge in [-0.25, -0.2) is 4.79 Å². The van der Waals surface area contributed by atoms with Gasteiger partial charge in [0, 0.05) is 11.9 Å². The van der Waals surface area contributed by atoms with Crippen LogP contribution in [0.1, 0.15) is 0 Å². The Bertz CT molecular complexity index is 776. The van der Waals surface area contributed by atoms with E-state index < -0.39 is 5.97 Å². The normalized spacial score (nSPS) is 10.3. The van der Waals surface area contributed by atoms with Gasteiger partial charge in [-0.1, -0.05) is 42.5 Å². The number of carbonyl (C=O) groups is 1. The first-order chi connectivity index (χ1) is 11.3. The van der Waals surface area contributed by atoms with Gasteiger partial charge in [-0.05, 0) is 34.9 Å². The fourth-order valence-electron chi connectivity index (χ4n) is 2.29. The Morgan fingerprint density at radius 1 is 0.957 bits per heavy atom. The molecule has 1 aromatic heterocycles. The first-order valence-electron chi connectivity index (χ1n) is 7.30. The van der Waals surface area contributed by atoms with Crippen LogP contribution in [0.25, 0.3) is 22.4 Å². The largest absolute Gasteiger partial charge is 0.482 e. The van der Waals surface area contributed by atoms with Crippen LogP contribution in [-0.2, 0) is 9.53 Å². The van der Waals surface area contributed by atoms with Crippen LogP contribution in [0.2, 0.25) is 0 Å². The van der Waals surface area contributed by atoms with Crippen molar-refractivity contribution in [1.82, 2.24) is 4.98 Å². The minimum absolute atomic E-state index is 0.0852. The lowest BCUT2D eigenvalue weighted by molar-refractivity contribution is -0.142. The van der Waals surface area contributed by atoms with E-state index in [4.69, 9.17) is 4.74 Å². The Morgan fingerprint density at radius 3 is 2.39 bits per heavy atom. The quantitative estimate of drug-likeness (QED) is 0.727. The maximum absolute atomic E-state index is 11.1. The lowest BCUT2D eigenvalue weighted by atomic mass is 10.1. The molecule has 2 aromatic carbocycles. The lowest BCUT2D eigenvalue weighted by Gasteiger charge is -2.05. The average molecular weight is 307 g/mol. The van der Waals surface area contributed by atoms with Gasteiger partial charge in [0.25, 0.3) is 0 Å². The van der Waals surface area contributed by atoms with Crippen molar-refractivity contribution in [1.29, 1.82) is 0 Å². The lowest BCUT2D eigenvalue weighted by Crippen LogP contribution is -2.12. The number of aromatic amines is 1. The van der Waals surface area contributed by atoms with Gasteiger partial charge in [-0.3, -0.25) is 0 Å². The Morgan fingerprint density at radius 2 is 1.70 bits per heavy atom. The summed E-state index contributed by atoms with van der Waals surface area (Å²) in [6, 6.07) is 19.9. The van der Waals surface area contributed by atoms with E-state index in [0.717, 1.165) is 22.4 Å². The van der Waals surface area contributed by atoms with Crippen LogP contribution in [0.4, 0.5) is 0 Å². The molecule has 3 aromatic rings. The number of ether oxygens (including phenoxy) is 2. The van der Waals surface area contributed by atoms with E-state index in [1.165, 1.54) is 7.11 Å². The number of methoxy groups -OCH3 is 1. The molecule has 4 nitrogen and oxygen atoms in total. The van der Waals surface area contributed by atoms with Gasteiger partial charge in [-0.15, -0.1) is 0 Å². The van der Waals surface area contributed by atoms with Gasteiger partial charge in [0.15, 0.2) is 6.61 Å². The summed E-state index contributed by atoms with van der Waals surface area (Å²) >= 11 is 0. The number of nitrogens with one attached hydrogen (secondary N) is 1. The van der Waals surface area contributed by atoms with Crippen LogP contribution in [0.5, 0.6) is 5.75 Å². The van der Waals surface area contributed by atoms with E-state index in [-0.39, 0.29) is 6.61 Å². The number of hydrogen-bond acceptors (Lipinski definition) is 3. The van der Waals surface area contributed by atoms with Crippen LogP contribution in [0, 0.1) is 0 Å². The van der Waals surface area contributed by atoms with E-state index >= 15 is 0 Å². The van der Waals surface area contributed by atoms with E-state index in [1.807, 2.05) is 48.7 Å². The monoisotopic (exact) mass is 307 g/mol. The minimum Gasteiger partial charge on any atom is -0.482 e. The number of carbonyl (C=O) groups excluding carboxylic acids is 1. The SMILES string of the molecule is COC(=O)COc1ccc(-c2c[nH]c(-c3ccccc3)c2)cc1. The topological polar surface area (TPSA) is 51.3 Å². The zero-order valence-corrected chi connectivity index (χ0v) is 12.8. The molecule has 3 rings (SSSR count). The van der Waals surface area contributed by atoms with Gasteiger partial charge in [0.1, 0.15) is 5.75 Å². The van der Waals surface area contributed by atoms with Gasteiger partial charge in [0.2, 0.25) is 0 Å². The third-order valence-corrected chi connectivity index (χ3v) is 3.54. The molecule has 116 valence electrons. The summed E-state index contributed by atoms with van der Waals surface area (Å²) < 4.78 is 9.88. The van der Waals surface area contributed by atoms with Crippen LogP contribution in [0.15, 0.2) is 66.9 Å². The van der Waals surface area contributed by atoms with Crippen molar-refractivity contribution < 1.29 is 14.3 Å². The minimum atomic E-state index is -0.396. The Kier molecular flexibility index (Phi) is 4.43. The van der Waals surface area contributed by atoms with Crippen LogP contribution < -0.4 is 4.74 Å². The molecule has 0 radical (unpaired) electrons. The summed E-state index contributed by atoms with van der Waals surface area (Å²) in [7, 11) is 1.34. The first-order valence-corrected chi connectivity index (χ1v) is 7.30. The Labute approximate surface area is 134 Å². The highest BCUT2D eigenvalue weighted by Crippen LogP contribution is 2.27. The van der Waals surface area contributed by atoms with Crippen molar-refractivity contribution in [3.8, 4) is 28.1 Å². The highest BCUT2D eigenvalue weighted by Gasteiger charge is 2.05. The van der Waals surface area contributed by atoms with Gasteiger partial charge >= 0.3 is 5.97 Å². The van der Waals surface area contributed by atoms with Gasteiger partial charge in [-0.2, -0.15) is 0 Å². The molecule has 0 bridgehead atoms. The molecule has 0 spiro atoms. The van der Waals surface area contributed by atoms with E-state index in [9.17, 15) is 4.79 Å². The molecule has 0 unspecified atom stereocenters. The zero-order valence-electron chi connectivity index (χ0n) is 12.8. The van der Waals surface area contributed by atoms with Crippen LogP contribution in [0.3, 0.4) is 0 Å². The molecular weight excluding hydrogens is 290 g/mol. The van der Waals surface area contributed by atoms with Crippen molar-refractivity contribution in [2.45, 2.75) is 0 Å². The van der Waals surface area contributed by atoms with E-state index in [2.05, 4.69) is 27.9 Å². The standard InChI is InChI=1S/C19H17NO3/c1-22-19(21)13-23-17-9-7-14(8-10-17)16-11-18(20-12-16)15-5-3-2-4-6-15/h2-12,20H,13H2,1H3. The molecule has 0 fully saturated rings. The molecule has 0 aliphatic heterocycles.